The van der Waals surface area contributed by atoms with E-state index in [1.807, 2.05) is 32.9 Å². The van der Waals surface area contributed by atoms with Crippen LogP contribution in [0.5, 0.6) is 11.5 Å². The Morgan fingerprint density at radius 3 is 1.83 bits per heavy atom. The first-order chi connectivity index (χ1) is 33.3. The van der Waals surface area contributed by atoms with Gasteiger partial charge >= 0.3 is 24.1 Å². The van der Waals surface area contributed by atoms with Gasteiger partial charge in [-0.25, -0.2) is 13.2 Å². The van der Waals surface area contributed by atoms with Gasteiger partial charge in [0.2, 0.25) is 6.10 Å². The SMILES string of the molecule is CCC(C)(C)C(=O)OC1(C)CCCC1.CCC(C)C(=O)Oc1cc(C(=O)OC(CS(=O)(=O)[O-])C(F)(F)F)ccc1Br.CCC(C)c1ccc(O)cc1.c1ccc(-[s+]2c3ccccc3c3ccccc32)cc1. The van der Waals surface area contributed by atoms with Gasteiger partial charge < -0.3 is 23.9 Å². The van der Waals surface area contributed by atoms with E-state index in [1.165, 1.54) is 49.5 Å². The number of esters is 3. The number of benzene rings is 5. The Balaban J connectivity index is 0.000000217. The van der Waals surface area contributed by atoms with E-state index < -0.39 is 51.6 Å². The van der Waals surface area contributed by atoms with Gasteiger partial charge in [0.1, 0.15) is 17.1 Å². The lowest BCUT2D eigenvalue weighted by molar-refractivity contribution is -0.197. The summed E-state index contributed by atoms with van der Waals surface area (Å²) in [6.45, 7) is 15.7. The summed E-state index contributed by atoms with van der Waals surface area (Å²) >= 11 is 3.07. The molecule has 384 valence electrons. The van der Waals surface area contributed by atoms with Crippen LogP contribution in [0.4, 0.5) is 13.2 Å². The average Bonchev–Trinajstić information content (AvgIpc) is 3.92. The van der Waals surface area contributed by atoms with Crippen LogP contribution in [0, 0.1) is 11.3 Å². The molecule has 1 N–H and O–H groups in total. The molecule has 1 fully saturated rings. The van der Waals surface area contributed by atoms with Crippen molar-refractivity contribution in [3.63, 3.8) is 0 Å². The molecule has 1 heterocycles. The minimum absolute atomic E-state index is 0.0376. The third kappa shape index (κ3) is 17.2. The smallest absolute Gasteiger partial charge is 0.426 e. The van der Waals surface area contributed by atoms with E-state index in [0.717, 1.165) is 37.8 Å². The highest BCUT2D eigenvalue weighted by Crippen LogP contribution is 2.48. The second-order valence-electron chi connectivity index (χ2n) is 18.3. The van der Waals surface area contributed by atoms with Crippen LogP contribution >= 0.6 is 26.4 Å². The molecule has 1 aromatic heterocycles. The first kappa shape index (κ1) is 58.3. The molecule has 1 saturated carbocycles. The molecule has 1 aliphatic carbocycles. The Morgan fingerprint density at radius 1 is 0.803 bits per heavy atom. The molecule has 10 nitrogen and oxygen atoms in total. The van der Waals surface area contributed by atoms with E-state index in [1.54, 1.807) is 26.0 Å². The topological polar surface area (TPSA) is 156 Å². The minimum Gasteiger partial charge on any atom is -0.748 e. The van der Waals surface area contributed by atoms with Crippen LogP contribution in [0.1, 0.15) is 122 Å². The molecule has 3 unspecified atom stereocenters. The van der Waals surface area contributed by atoms with Crippen molar-refractivity contribution >= 4 is 74.6 Å². The van der Waals surface area contributed by atoms with Gasteiger partial charge in [0.25, 0.3) is 0 Å². The van der Waals surface area contributed by atoms with Gasteiger partial charge in [-0.3, -0.25) is 9.59 Å². The maximum atomic E-state index is 12.8. The lowest BCUT2D eigenvalue weighted by Crippen LogP contribution is -2.39. The lowest BCUT2D eigenvalue weighted by Gasteiger charge is -2.29. The molecule has 7 rings (SSSR count). The van der Waals surface area contributed by atoms with Crippen LogP contribution in [0.2, 0.25) is 0 Å². The number of rotatable bonds is 13. The van der Waals surface area contributed by atoms with Crippen LogP contribution < -0.4 is 4.74 Å². The molecule has 0 radical (unpaired) electrons. The molecule has 0 aliphatic heterocycles. The molecule has 0 saturated heterocycles. The van der Waals surface area contributed by atoms with E-state index in [2.05, 4.69) is 120 Å². The standard InChI is InChI=1S/C18H13S.C15H16BrF3O7S.C12H22O2.C10H14O/c1-2-8-14(9-3-1)19-17-12-6-4-10-15(17)16-11-5-7-13-18(16)19;1-3-8(2)13(20)25-11-6-9(4-5-10(11)16)14(21)26-12(15(17,18)19)7-27(22,23)24;1-5-11(2,3)10(13)14-12(4)8-6-7-9-12;1-3-8(2)9-4-6-10(11)7-5-9/h1-13H;4-6,8,12H,3,7H2,1-2H3,(H,22,23,24);5-9H2,1-4H3;4-8,11H,3H2,1-2H3/q+1;;;/p-1. The Labute approximate surface area is 426 Å². The number of hydrogen-bond acceptors (Lipinski definition) is 10. The summed E-state index contributed by atoms with van der Waals surface area (Å²) < 4.78 is 88.3. The first-order valence-electron chi connectivity index (χ1n) is 23.6. The Hall–Kier alpha value is -5.29. The fraction of sp³-hybridized carbons (Fsp3) is 0.400. The Morgan fingerprint density at radius 2 is 1.34 bits per heavy atom. The van der Waals surface area contributed by atoms with E-state index in [4.69, 9.17) is 14.6 Å². The highest BCUT2D eigenvalue weighted by Gasteiger charge is 2.44. The van der Waals surface area contributed by atoms with Gasteiger partial charge in [-0.1, -0.05) is 89.2 Å². The van der Waals surface area contributed by atoms with Gasteiger partial charge in [0, 0.05) is 21.2 Å². The van der Waals surface area contributed by atoms with E-state index in [0.29, 0.717) is 18.1 Å². The summed E-state index contributed by atoms with van der Waals surface area (Å²) in [5, 5.41) is 11.8. The summed E-state index contributed by atoms with van der Waals surface area (Å²) in [6.07, 6.45) is -1.48. The molecule has 3 atom stereocenters. The summed E-state index contributed by atoms with van der Waals surface area (Å²) in [4.78, 5) is 37.0. The molecular formula is C55H64BrF3O10S2. The number of halogens is 4. The molecule has 16 heteroatoms. The van der Waals surface area contributed by atoms with Crippen molar-refractivity contribution < 1.29 is 59.8 Å². The zero-order valence-electron chi connectivity index (χ0n) is 41.4. The normalized spacial score (nSPS) is 14.5. The summed E-state index contributed by atoms with van der Waals surface area (Å²) in [5.41, 5.74) is 0.364. The maximum absolute atomic E-state index is 12.8. The molecular weight excluding hydrogens is 1020 g/mol. The van der Waals surface area contributed by atoms with Crippen LogP contribution in [-0.2, 0) is 29.2 Å². The fourth-order valence-corrected chi connectivity index (χ4v) is 10.4. The maximum Gasteiger partial charge on any atom is 0.426 e. The summed E-state index contributed by atoms with van der Waals surface area (Å²) in [7, 11) is -5.24. The van der Waals surface area contributed by atoms with Crippen LogP contribution in [0.3, 0.4) is 0 Å². The second-order valence-corrected chi connectivity index (χ2v) is 22.6. The van der Waals surface area contributed by atoms with Crippen molar-refractivity contribution in [3.8, 4) is 16.4 Å². The van der Waals surface area contributed by atoms with Gasteiger partial charge in [-0.05, 0) is 160 Å². The molecule has 0 bridgehead atoms. The van der Waals surface area contributed by atoms with E-state index in [9.17, 15) is 40.5 Å². The van der Waals surface area contributed by atoms with Crippen LogP contribution in [0.15, 0.2) is 126 Å². The molecule has 6 aromatic rings. The van der Waals surface area contributed by atoms with Crippen molar-refractivity contribution in [2.24, 2.45) is 11.3 Å². The quantitative estimate of drug-likeness (QED) is 0.0511. The van der Waals surface area contributed by atoms with Crippen molar-refractivity contribution in [1.82, 2.24) is 0 Å². The van der Waals surface area contributed by atoms with Crippen molar-refractivity contribution in [2.75, 3.05) is 5.75 Å². The third-order valence-corrected chi connectivity index (χ3v) is 16.1. The zero-order chi connectivity index (χ0) is 52.7. The summed E-state index contributed by atoms with van der Waals surface area (Å²) in [6, 6.07) is 39.1. The van der Waals surface area contributed by atoms with Crippen molar-refractivity contribution in [1.29, 1.82) is 0 Å². The van der Waals surface area contributed by atoms with Crippen molar-refractivity contribution in [2.45, 2.75) is 124 Å². The van der Waals surface area contributed by atoms with Crippen LogP contribution in [0.25, 0.3) is 25.1 Å². The predicted molar refractivity (Wildman–Crippen MR) is 278 cm³/mol. The number of hydrogen-bond donors (Lipinski definition) is 1. The van der Waals surface area contributed by atoms with Crippen LogP contribution in [-0.4, -0.2) is 59.6 Å². The average molecular weight is 1090 g/mol. The van der Waals surface area contributed by atoms with Gasteiger partial charge in [-0.15, -0.1) is 0 Å². The molecule has 0 spiro atoms. The Bertz CT molecular complexity index is 2750. The lowest BCUT2D eigenvalue weighted by atomic mass is 9.90. The zero-order valence-corrected chi connectivity index (χ0v) is 44.6. The number of phenolic OH excluding ortho intramolecular Hbond substituents is 1. The third-order valence-electron chi connectivity index (χ3n) is 12.4. The number of ether oxygens (including phenoxy) is 3. The van der Waals surface area contributed by atoms with Gasteiger partial charge in [0.05, 0.1) is 37.2 Å². The highest BCUT2D eigenvalue weighted by molar-refractivity contribution is 9.10. The number of alkyl halides is 3. The monoisotopic (exact) mass is 1080 g/mol. The molecule has 0 amide bonds. The fourth-order valence-electron chi connectivity index (χ4n) is 7.10. The minimum atomic E-state index is -5.30. The van der Waals surface area contributed by atoms with Gasteiger partial charge in [-0.2, -0.15) is 13.2 Å². The predicted octanol–water partition coefficient (Wildman–Crippen LogP) is 15.0. The van der Waals surface area contributed by atoms with Crippen molar-refractivity contribution in [3.05, 3.63) is 137 Å². The van der Waals surface area contributed by atoms with E-state index in [-0.39, 0.29) is 37.7 Å². The van der Waals surface area contributed by atoms with Gasteiger partial charge in [0.15, 0.2) is 14.3 Å². The number of carbonyl (C=O) groups is 3. The number of thiophene rings is 1. The number of carbonyl (C=O) groups excluding carboxylic acids is 3. The van der Waals surface area contributed by atoms with E-state index >= 15 is 0 Å². The largest absolute Gasteiger partial charge is 0.748 e. The number of phenols is 1. The number of fused-ring (bicyclic) bond motifs is 3. The first-order valence-corrected chi connectivity index (χ1v) is 27.1. The molecule has 71 heavy (non-hydrogen) atoms. The summed E-state index contributed by atoms with van der Waals surface area (Å²) in [5.74, 6) is -3.78. The number of aromatic hydroxyl groups is 1. The molecule has 5 aromatic carbocycles. The Kier molecular flexibility index (Phi) is 21.3. The molecule has 1 aliphatic rings. The second kappa shape index (κ2) is 25.9. The highest BCUT2D eigenvalue weighted by atomic mass is 79.9.